The summed E-state index contributed by atoms with van der Waals surface area (Å²) < 4.78 is 42.9. The average Bonchev–Trinajstić information content (AvgIpc) is 3.64. The van der Waals surface area contributed by atoms with Gasteiger partial charge in [0.1, 0.15) is 16.6 Å². The molecular weight excluding hydrogens is 512 g/mol. The number of pyridine rings is 1. The summed E-state index contributed by atoms with van der Waals surface area (Å²) in [5, 5.41) is 10.7. The predicted molar refractivity (Wildman–Crippen MR) is 141 cm³/mol. The van der Waals surface area contributed by atoms with Gasteiger partial charge in [-0.25, -0.2) is 18.7 Å². The number of likely N-dealkylation sites (N-methyl/N-ethyl adjacent to an activating group) is 1. The van der Waals surface area contributed by atoms with E-state index in [2.05, 4.69) is 19.9 Å². The van der Waals surface area contributed by atoms with Crippen molar-refractivity contribution in [1.82, 2.24) is 19.9 Å². The van der Waals surface area contributed by atoms with Crippen LogP contribution in [0.15, 0.2) is 12.4 Å². The van der Waals surface area contributed by atoms with Gasteiger partial charge in [-0.3, -0.25) is 4.98 Å². The lowest BCUT2D eigenvalue weighted by atomic mass is 9.94. The van der Waals surface area contributed by atoms with Gasteiger partial charge in [0.25, 0.3) is 0 Å². The molecule has 0 aliphatic carbocycles. The fraction of sp³-hybridized carbons (Fsp3) is 0.385. The highest BCUT2D eigenvalue weighted by Crippen LogP contribution is 2.45. The van der Waals surface area contributed by atoms with Crippen LogP contribution in [-0.2, 0) is 22.7 Å². The van der Waals surface area contributed by atoms with Crippen molar-refractivity contribution in [3.63, 3.8) is 0 Å². The largest absolute Gasteiger partial charge is 0.389 e. The number of nitrogens with two attached hydrogens (primary N) is 1. The van der Waals surface area contributed by atoms with Crippen molar-refractivity contribution in [2.24, 2.45) is 0 Å². The van der Waals surface area contributed by atoms with E-state index in [1.54, 1.807) is 6.20 Å². The smallest absolute Gasteiger partial charge is 0.226 e. The highest BCUT2D eigenvalue weighted by atomic mass is 32.1. The van der Waals surface area contributed by atoms with Gasteiger partial charge in [0.2, 0.25) is 5.95 Å². The van der Waals surface area contributed by atoms with E-state index in [9.17, 15) is 9.65 Å². The minimum absolute atomic E-state index is 0.0493. The number of anilines is 2. The molecule has 1 aromatic carbocycles. The summed E-state index contributed by atoms with van der Waals surface area (Å²) >= 11 is 0.948. The van der Waals surface area contributed by atoms with Crippen LogP contribution < -0.4 is 10.6 Å². The van der Waals surface area contributed by atoms with Crippen LogP contribution in [-0.4, -0.2) is 66.3 Å². The highest BCUT2D eigenvalue weighted by molar-refractivity contribution is 7.23. The molecule has 0 unspecified atom stereocenters. The van der Waals surface area contributed by atoms with Gasteiger partial charge in [-0.15, -0.1) is 11.3 Å². The average molecular weight is 538 g/mol. The highest BCUT2D eigenvalue weighted by Gasteiger charge is 2.31. The zero-order valence-electron chi connectivity index (χ0n) is 20.9. The Labute approximate surface area is 221 Å². The number of halogens is 2. The molecular formula is C26H25F2N7O2S. The van der Waals surface area contributed by atoms with Gasteiger partial charge in [-0.1, -0.05) is 0 Å². The summed E-state index contributed by atoms with van der Waals surface area (Å²) in [4.78, 5) is 17.5. The first kappa shape index (κ1) is 24.8. The van der Waals surface area contributed by atoms with Crippen LogP contribution >= 0.6 is 11.3 Å². The van der Waals surface area contributed by atoms with Crippen LogP contribution in [0.5, 0.6) is 0 Å². The molecule has 1 saturated heterocycles. The van der Waals surface area contributed by atoms with Crippen molar-refractivity contribution in [3.05, 3.63) is 40.7 Å². The van der Waals surface area contributed by atoms with E-state index in [0.717, 1.165) is 36.1 Å². The van der Waals surface area contributed by atoms with Crippen LogP contribution in [0.2, 0.25) is 0 Å². The van der Waals surface area contributed by atoms with Gasteiger partial charge in [0.15, 0.2) is 11.6 Å². The third-order valence-corrected chi connectivity index (χ3v) is 8.08. The minimum atomic E-state index is -0.614. The van der Waals surface area contributed by atoms with Crippen molar-refractivity contribution < 1.29 is 18.3 Å². The van der Waals surface area contributed by atoms with E-state index < -0.39 is 11.6 Å². The molecule has 12 heteroatoms. The molecule has 5 heterocycles. The normalized spacial score (nSPS) is 17.2. The molecule has 0 spiro atoms. The Kier molecular flexibility index (Phi) is 6.31. The zero-order chi connectivity index (χ0) is 26.6. The monoisotopic (exact) mass is 537 g/mol. The molecule has 0 radical (unpaired) electrons. The summed E-state index contributed by atoms with van der Waals surface area (Å²) in [6, 6.07) is 2.03. The lowest BCUT2D eigenvalue weighted by Crippen LogP contribution is -2.27. The van der Waals surface area contributed by atoms with Gasteiger partial charge in [-0.05, 0) is 31.6 Å². The maximum Gasteiger partial charge on any atom is 0.226 e. The van der Waals surface area contributed by atoms with E-state index in [1.807, 2.05) is 25.1 Å². The van der Waals surface area contributed by atoms with Crippen LogP contribution in [0.3, 0.4) is 0 Å². The Morgan fingerprint density at radius 1 is 1.26 bits per heavy atom. The molecule has 2 aliphatic heterocycles. The van der Waals surface area contributed by atoms with Crippen LogP contribution in [0.25, 0.3) is 32.2 Å². The summed E-state index contributed by atoms with van der Waals surface area (Å²) in [7, 11) is 4.00. The lowest BCUT2D eigenvalue weighted by molar-refractivity contribution is 0.0580. The van der Waals surface area contributed by atoms with Crippen LogP contribution in [0.4, 0.5) is 19.7 Å². The standard InChI is InChI=1S/C26H25F2N7O2S/c1-34(2)5-6-37-13-3-4-35(10-13)26-32-8-15-16-11-36-12-17(16)19(21(28)22(15)33-26)23-20-14(7-29)25(30)38-24(20)18(27)9-31-23/h8-9,13H,3-6,10-12,30H2,1-2H3/t13-/m1/s1. The molecule has 0 saturated carbocycles. The number of fused-ring (bicyclic) bond motifs is 4. The quantitative estimate of drug-likeness (QED) is 0.392. The predicted octanol–water partition coefficient (Wildman–Crippen LogP) is 3.83. The molecule has 38 heavy (non-hydrogen) atoms. The Bertz CT molecular complexity index is 1620. The Morgan fingerprint density at radius 2 is 2.08 bits per heavy atom. The van der Waals surface area contributed by atoms with Gasteiger partial charge in [0.05, 0.1) is 48.1 Å². The fourth-order valence-electron chi connectivity index (χ4n) is 5.14. The van der Waals surface area contributed by atoms with E-state index in [1.165, 1.54) is 0 Å². The van der Waals surface area contributed by atoms with Gasteiger partial charge in [0, 0.05) is 42.2 Å². The summed E-state index contributed by atoms with van der Waals surface area (Å²) in [5.74, 6) is -0.813. The molecule has 1 fully saturated rings. The maximum atomic E-state index is 16.4. The number of rotatable bonds is 6. The number of thiophene rings is 1. The molecule has 0 amide bonds. The summed E-state index contributed by atoms with van der Waals surface area (Å²) in [6.45, 7) is 3.18. The Morgan fingerprint density at radius 3 is 2.87 bits per heavy atom. The molecule has 9 nitrogen and oxygen atoms in total. The Hall–Kier alpha value is -3.50. The van der Waals surface area contributed by atoms with E-state index in [0.29, 0.717) is 36.6 Å². The molecule has 6 rings (SSSR count). The second-order valence-electron chi connectivity index (χ2n) is 9.71. The summed E-state index contributed by atoms with van der Waals surface area (Å²) in [5.41, 5.74) is 7.89. The number of nitriles is 1. The molecule has 4 aromatic rings. The number of hydrogen-bond acceptors (Lipinski definition) is 10. The molecule has 0 bridgehead atoms. The number of benzene rings is 1. The second-order valence-corrected chi connectivity index (χ2v) is 10.8. The molecule has 1 atom stereocenters. The van der Waals surface area contributed by atoms with Crippen LogP contribution in [0.1, 0.15) is 23.1 Å². The first-order valence-corrected chi connectivity index (χ1v) is 13.0. The molecule has 3 aromatic heterocycles. The summed E-state index contributed by atoms with van der Waals surface area (Å²) in [6.07, 6.45) is 3.55. The third-order valence-electron chi connectivity index (χ3n) is 7.05. The maximum absolute atomic E-state index is 16.4. The van der Waals surface area contributed by atoms with Crippen LogP contribution in [0, 0.1) is 23.0 Å². The van der Waals surface area contributed by atoms with E-state index in [4.69, 9.17) is 15.2 Å². The molecule has 196 valence electrons. The van der Waals surface area contributed by atoms with Gasteiger partial charge < -0.3 is 25.0 Å². The topological polar surface area (TPSA) is 113 Å². The number of ether oxygens (including phenoxy) is 2. The van der Waals surface area contributed by atoms with Gasteiger partial charge in [-0.2, -0.15) is 5.26 Å². The Balaban J connectivity index is 1.46. The van der Waals surface area contributed by atoms with Crippen molar-refractivity contribution in [2.75, 3.05) is 51.0 Å². The molecule has 2 N–H and O–H groups in total. The number of nitrogens with zero attached hydrogens (tertiary/aromatic N) is 6. The van der Waals surface area contributed by atoms with Crippen molar-refractivity contribution in [1.29, 1.82) is 5.26 Å². The van der Waals surface area contributed by atoms with E-state index in [-0.39, 0.29) is 56.7 Å². The first-order chi connectivity index (χ1) is 18.4. The SMILES string of the molecule is CN(C)CCO[C@@H]1CCN(c2ncc3c4c(c(-c5ncc(F)c6sc(N)c(C#N)c56)c(F)c3n2)COC4)C1. The zero-order valence-corrected chi connectivity index (χ0v) is 21.7. The van der Waals surface area contributed by atoms with Gasteiger partial charge >= 0.3 is 0 Å². The van der Waals surface area contributed by atoms with E-state index >= 15 is 4.39 Å². The molecule has 2 aliphatic rings. The number of nitrogen functional groups attached to an aromatic ring is 1. The number of aromatic nitrogens is 3. The van der Waals surface area contributed by atoms with Crippen molar-refractivity contribution in [3.8, 4) is 17.3 Å². The number of hydrogen-bond donors (Lipinski definition) is 1. The first-order valence-electron chi connectivity index (χ1n) is 12.2. The lowest BCUT2D eigenvalue weighted by Gasteiger charge is -2.19. The minimum Gasteiger partial charge on any atom is -0.389 e. The van der Waals surface area contributed by atoms with Crippen molar-refractivity contribution >= 4 is 43.3 Å². The fourth-order valence-corrected chi connectivity index (χ4v) is 6.06. The third kappa shape index (κ3) is 4.03. The van der Waals surface area contributed by atoms with Crippen molar-refractivity contribution in [2.45, 2.75) is 25.7 Å². The second kappa shape index (κ2) is 9.67.